The van der Waals surface area contributed by atoms with Gasteiger partial charge in [-0.15, -0.1) is 0 Å². The van der Waals surface area contributed by atoms with Crippen molar-refractivity contribution >= 4 is 39.0 Å². The van der Waals surface area contributed by atoms with E-state index in [2.05, 4.69) is 36.5 Å². The fourth-order valence-electron chi connectivity index (χ4n) is 2.12. The lowest BCUT2D eigenvalue weighted by Crippen LogP contribution is -2.14. The number of amides is 1. The summed E-state index contributed by atoms with van der Waals surface area (Å²) in [6, 6.07) is 16.4. The number of benzene rings is 2. The molecule has 0 fully saturated rings. The molecule has 3 rings (SSSR count). The molecule has 1 aromatic heterocycles. The highest BCUT2D eigenvalue weighted by atomic mass is 79.9. The Kier molecular flexibility index (Phi) is 5.25. The molecule has 3 aromatic rings. The van der Waals surface area contributed by atoms with Crippen LogP contribution in [0.15, 0.2) is 65.4 Å². The highest BCUT2D eigenvalue weighted by Crippen LogP contribution is 2.22. The standard InChI is InChI=1S/C18H15BrN4O2/c1-25-13-8-6-12(7-9-13)22-17-10-16(20-11-21-17)18(24)23-15-5-3-2-4-14(15)19/h2-11H,1H3,(H,23,24)(H,20,21,22). The van der Waals surface area contributed by atoms with Gasteiger partial charge in [-0.05, 0) is 52.3 Å². The Morgan fingerprint density at radius 2 is 1.84 bits per heavy atom. The van der Waals surface area contributed by atoms with Crippen LogP contribution in [0, 0.1) is 0 Å². The number of hydrogen-bond donors (Lipinski definition) is 2. The van der Waals surface area contributed by atoms with E-state index in [1.165, 1.54) is 6.33 Å². The lowest BCUT2D eigenvalue weighted by Gasteiger charge is -2.09. The average Bonchev–Trinajstić information content (AvgIpc) is 2.64. The van der Waals surface area contributed by atoms with E-state index in [9.17, 15) is 4.79 Å². The summed E-state index contributed by atoms with van der Waals surface area (Å²) >= 11 is 3.40. The minimum absolute atomic E-state index is 0.266. The zero-order chi connectivity index (χ0) is 17.6. The van der Waals surface area contributed by atoms with Crippen molar-refractivity contribution in [3.8, 4) is 5.75 Å². The quantitative estimate of drug-likeness (QED) is 0.671. The van der Waals surface area contributed by atoms with Crippen molar-refractivity contribution in [2.45, 2.75) is 0 Å². The summed E-state index contributed by atoms with van der Waals surface area (Å²) in [5.41, 5.74) is 1.77. The van der Waals surface area contributed by atoms with Gasteiger partial charge < -0.3 is 15.4 Å². The third-order valence-electron chi connectivity index (χ3n) is 3.38. The van der Waals surface area contributed by atoms with Gasteiger partial charge in [0.05, 0.1) is 12.8 Å². The van der Waals surface area contributed by atoms with Gasteiger partial charge in [-0.1, -0.05) is 12.1 Å². The second-order valence-electron chi connectivity index (χ2n) is 5.08. The maximum atomic E-state index is 12.4. The topological polar surface area (TPSA) is 76.1 Å². The molecule has 1 amide bonds. The molecule has 0 aliphatic rings. The highest BCUT2D eigenvalue weighted by Gasteiger charge is 2.11. The second kappa shape index (κ2) is 7.76. The molecule has 0 spiro atoms. The molecule has 1 heterocycles. The van der Waals surface area contributed by atoms with Crippen LogP contribution in [-0.2, 0) is 0 Å². The van der Waals surface area contributed by atoms with Crippen LogP contribution >= 0.6 is 15.9 Å². The van der Waals surface area contributed by atoms with Crippen LogP contribution in [0.3, 0.4) is 0 Å². The minimum Gasteiger partial charge on any atom is -0.497 e. The van der Waals surface area contributed by atoms with E-state index >= 15 is 0 Å². The number of rotatable bonds is 5. The number of methoxy groups -OCH3 is 1. The number of carbonyl (C=O) groups excluding carboxylic acids is 1. The number of nitrogens with zero attached hydrogens (tertiary/aromatic N) is 2. The van der Waals surface area contributed by atoms with Gasteiger partial charge in [0.2, 0.25) is 0 Å². The Balaban J connectivity index is 1.74. The molecule has 0 atom stereocenters. The molecule has 0 saturated heterocycles. The van der Waals surface area contributed by atoms with Gasteiger partial charge in [0.15, 0.2) is 0 Å². The van der Waals surface area contributed by atoms with E-state index in [4.69, 9.17) is 4.74 Å². The van der Waals surface area contributed by atoms with Gasteiger partial charge in [0.25, 0.3) is 5.91 Å². The SMILES string of the molecule is COc1ccc(Nc2cc(C(=O)Nc3ccccc3Br)ncn2)cc1. The van der Waals surface area contributed by atoms with Crippen molar-refractivity contribution in [3.63, 3.8) is 0 Å². The molecule has 126 valence electrons. The summed E-state index contributed by atoms with van der Waals surface area (Å²) < 4.78 is 5.93. The van der Waals surface area contributed by atoms with Crippen LogP contribution in [-0.4, -0.2) is 23.0 Å². The van der Waals surface area contributed by atoms with Crippen molar-refractivity contribution in [3.05, 3.63) is 71.1 Å². The predicted molar refractivity (Wildman–Crippen MR) is 100 cm³/mol. The molecule has 25 heavy (non-hydrogen) atoms. The van der Waals surface area contributed by atoms with Gasteiger partial charge in [-0.3, -0.25) is 4.79 Å². The van der Waals surface area contributed by atoms with Crippen LogP contribution in [0.2, 0.25) is 0 Å². The van der Waals surface area contributed by atoms with Gasteiger partial charge in [-0.25, -0.2) is 9.97 Å². The van der Waals surface area contributed by atoms with Crippen molar-refractivity contribution < 1.29 is 9.53 Å². The van der Waals surface area contributed by atoms with Crippen molar-refractivity contribution in [1.82, 2.24) is 9.97 Å². The van der Waals surface area contributed by atoms with Crippen LogP contribution < -0.4 is 15.4 Å². The Bertz CT molecular complexity index is 884. The average molecular weight is 399 g/mol. The number of ether oxygens (including phenoxy) is 1. The fourth-order valence-corrected chi connectivity index (χ4v) is 2.50. The van der Waals surface area contributed by atoms with E-state index in [0.717, 1.165) is 15.9 Å². The maximum Gasteiger partial charge on any atom is 0.274 e. The Labute approximate surface area is 153 Å². The van der Waals surface area contributed by atoms with Crippen LogP contribution in [0.5, 0.6) is 5.75 Å². The number of anilines is 3. The zero-order valence-electron chi connectivity index (χ0n) is 13.4. The third kappa shape index (κ3) is 4.33. The molecule has 0 saturated carbocycles. The lowest BCUT2D eigenvalue weighted by molar-refractivity contribution is 0.102. The molecule has 0 radical (unpaired) electrons. The van der Waals surface area contributed by atoms with Crippen LogP contribution in [0.1, 0.15) is 10.5 Å². The van der Waals surface area contributed by atoms with E-state index in [0.29, 0.717) is 11.5 Å². The van der Waals surface area contributed by atoms with Gasteiger partial charge in [0, 0.05) is 16.2 Å². The first-order valence-electron chi connectivity index (χ1n) is 7.45. The summed E-state index contributed by atoms with van der Waals surface area (Å²) in [5.74, 6) is 0.978. The molecular formula is C18H15BrN4O2. The fraction of sp³-hybridized carbons (Fsp3) is 0.0556. The van der Waals surface area contributed by atoms with E-state index in [1.54, 1.807) is 19.2 Å². The van der Waals surface area contributed by atoms with Gasteiger partial charge in [0.1, 0.15) is 23.6 Å². The van der Waals surface area contributed by atoms with E-state index < -0.39 is 0 Å². The zero-order valence-corrected chi connectivity index (χ0v) is 14.9. The molecule has 0 bridgehead atoms. The molecule has 2 N–H and O–H groups in total. The summed E-state index contributed by atoms with van der Waals surface area (Å²) in [7, 11) is 1.61. The summed E-state index contributed by atoms with van der Waals surface area (Å²) in [4.78, 5) is 20.6. The number of hydrogen-bond acceptors (Lipinski definition) is 5. The minimum atomic E-state index is -0.313. The normalized spacial score (nSPS) is 10.2. The summed E-state index contributed by atoms with van der Waals surface area (Å²) in [5, 5.41) is 5.94. The van der Waals surface area contributed by atoms with Crippen LogP contribution in [0.4, 0.5) is 17.2 Å². The molecule has 7 heteroatoms. The van der Waals surface area contributed by atoms with Gasteiger partial charge in [-0.2, -0.15) is 0 Å². The largest absolute Gasteiger partial charge is 0.497 e. The smallest absolute Gasteiger partial charge is 0.274 e. The van der Waals surface area contributed by atoms with Crippen molar-refractivity contribution in [2.24, 2.45) is 0 Å². The van der Waals surface area contributed by atoms with Crippen molar-refractivity contribution in [2.75, 3.05) is 17.7 Å². The Morgan fingerprint density at radius 3 is 2.56 bits per heavy atom. The first-order chi connectivity index (χ1) is 12.2. The molecule has 0 aliphatic carbocycles. The van der Waals surface area contributed by atoms with E-state index in [1.807, 2.05) is 42.5 Å². The molecular weight excluding hydrogens is 384 g/mol. The molecule has 6 nitrogen and oxygen atoms in total. The number of nitrogens with one attached hydrogen (secondary N) is 2. The number of carbonyl (C=O) groups is 1. The monoisotopic (exact) mass is 398 g/mol. The van der Waals surface area contributed by atoms with Crippen LogP contribution in [0.25, 0.3) is 0 Å². The third-order valence-corrected chi connectivity index (χ3v) is 4.08. The first kappa shape index (κ1) is 16.9. The highest BCUT2D eigenvalue weighted by molar-refractivity contribution is 9.10. The lowest BCUT2D eigenvalue weighted by atomic mass is 10.3. The van der Waals surface area contributed by atoms with Gasteiger partial charge >= 0.3 is 0 Å². The number of para-hydroxylation sites is 1. The first-order valence-corrected chi connectivity index (χ1v) is 8.24. The Hall–Kier alpha value is -2.93. The predicted octanol–water partition coefficient (Wildman–Crippen LogP) is 4.24. The summed E-state index contributed by atoms with van der Waals surface area (Å²) in [6.07, 6.45) is 1.35. The number of aromatic nitrogens is 2. The maximum absolute atomic E-state index is 12.4. The Morgan fingerprint density at radius 1 is 1.08 bits per heavy atom. The summed E-state index contributed by atoms with van der Waals surface area (Å²) in [6.45, 7) is 0. The van der Waals surface area contributed by atoms with E-state index in [-0.39, 0.29) is 11.6 Å². The number of halogens is 1. The molecule has 0 unspecified atom stereocenters. The molecule has 0 aliphatic heterocycles. The molecule has 2 aromatic carbocycles. The van der Waals surface area contributed by atoms with Crippen molar-refractivity contribution in [1.29, 1.82) is 0 Å². The second-order valence-corrected chi connectivity index (χ2v) is 5.93.